The van der Waals surface area contributed by atoms with E-state index in [4.69, 9.17) is 13.9 Å². The zero-order chi connectivity index (χ0) is 16.2. The highest BCUT2D eigenvalue weighted by atomic mass is 16.5. The van der Waals surface area contributed by atoms with Crippen molar-refractivity contribution < 1.29 is 18.7 Å². The van der Waals surface area contributed by atoms with Gasteiger partial charge in [-0.2, -0.15) is 0 Å². The van der Waals surface area contributed by atoms with Gasteiger partial charge in [0.1, 0.15) is 0 Å². The minimum atomic E-state index is -0.393. The minimum absolute atomic E-state index is 0.179. The van der Waals surface area contributed by atoms with E-state index in [0.717, 1.165) is 5.39 Å². The van der Waals surface area contributed by atoms with Crippen molar-refractivity contribution in [3.63, 3.8) is 0 Å². The number of carbonyl (C=O) groups excluding carboxylic acids is 1. The van der Waals surface area contributed by atoms with Gasteiger partial charge >= 0.3 is 6.01 Å². The standard InChI is InChI=1S/C16H15N3O4/c1-3-22-16-17-8-11(9-18-16)19-15(20)13-7-10-5-4-6-12(21-2)14(10)23-13/h4-9H,3H2,1-2H3,(H,19,20). The molecular formula is C16H15N3O4. The number of hydrogen-bond acceptors (Lipinski definition) is 6. The summed E-state index contributed by atoms with van der Waals surface area (Å²) >= 11 is 0. The third kappa shape index (κ3) is 3.08. The topological polar surface area (TPSA) is 86.5 Å². The summed E-state index contributed by atoms with van der Waals surface area (Å²) in [6.07, 6.45) is 2.94. The summed E-state index contributed by atoms with van der Waals surface area (Å²) in [5, 5.41) is 3.46. The van der Waals surface area contributed by atoms with E-state index >= 15 is 0 Å². The fourth-order valence-electron chi connectivity index (χ4n) is 2.09. The Balaban J connectivity index is 1.80. The maximum atomic E-state index is 12.3. The number of anilines is 1. The van der Waals surface area contributed by atoms with Crippen LogP contribution in [-0.2, 0) is 0 Å². The van der Waals surface area contributed by atoms with Crippen molar-refractivity contribution in [2.24, 2.45) is 0 Å². The summed E-state index contributed by atoms with van der Waals surface area (Å²) in [6, 6.07) is 7.37. The number of hydrogen-bond donors (Lipinski definition) is 1. The predicted molar refractivity (Wildman–Crippen MR) is 83.9 cm³/mol. The number of fused-ring (bicyclic) bond motifs is 1. The molecule has 2 aromatic heterocycles. The first-order valence-corrected chi connectivity index (χ1v) is 7.04. The molecule has 0 spiro atoms. The Hall–Kier alpha value is -3.09. The summed E-state index contributed by atoms with van der Waals surface area (Å²) < 4.78 is 15.9. The molecule has 23 heavy (non-hydrogen) atoms. The maximum absolute atomic E-state index is 12.3. The second kappa shape index (κ2) is 6.35. The first-order valence-electron chi connectivity index (χ1n) is 7.04. The predicted octanol–water partition coefficient (Wildman–Crippen LogP) is 2.88. The summed E-state index contributed by atoms with van der Waals surface area (Å²) in [5.74, 6) is 0.361. The molecule has 0 aliphatic carbocycles. The molecule has 3 aromatic rings. The van der Waals surface area contributed by atoms with Gasteiger partial charge in [0.05, 0.1) is 31.8 Å². The molecule has 0 aliphatic heterocycles. The van der Waals surface area contributed by atoms with Crippen LogP contribution in [0.2, 0.25) is 0 Å². The number of furan rings is 1. The summed E-state index contributed by atoms with van der Waals surface area (Å²) in [4.78, 5) is 20.2. The first-order chi connectivity index (χ1) is 11.2. The first kappa shape index (κ1) is 14.8. The van der Waals surface area contributed by atoms with Gasteiger partial charge in [-0.25, -0.2) is 9.97 Å². The molecule has 0 atom stereocenters. The van der Waals surface area contributed by atoms with Gasteiger partial charge < -0.3 is 19.2 Å². The van der Waals surface area contributed by atoms with Gasteiger partial charge in [0.25, 0.3) is 5.91 Å². The lowest BCUT2D eigenvalue weighted by atomic mass is 10.2. The van der Waals surface area contributed by atoms with E-state index in [0.29, 0.717) is 23.6 Å². The fraction of sp³-hybridized carbons (Fsp3) is 0.188. The van der Waals surface area contributed by atoms with Crippen LogP contribution < -0.4 is 14.8 Å². The Morgan fingerprint density at radius 2 is 2.09 bits per heavy atom. The van der Waals surface area contributed by atoms with Crippen molar-refractivity contribution in [3.8, 4) is 11.8 Å². The van der Waals surface area contributed by atoms with E-state index < -0.39 is 5.91 Å². The van der Waals surface area contributed by atoms with Crippen molar-refractivity contribution in [2.75, 3.05) is 19.0 Å². The summed E-state index contributed by atoms with van der Waals surface area (Å²) in [6.45, 7) is 2.32. The number of nitrogens with zero attached hydrogens (tertiary/aromatic N) is 2. The molecule has 7 nitrogen and oxygen atoms in total. The molecule has 7 heteroatoms. The van der Waals surface area contributed by atoms with Gasteiger partial charge in [-0.05, 0) is 19.1 Å². The highest BCUT2D eigenvalue weighted by molar-refractivity contribution is 6.04. The highest BCUT2D eigenvalue weighted by Crippen LogP contribution is 2.28. The lowest BCUT2D eigenvalue weighted by Gasteiger charge is -2.03. The van der Waals surface area contributed by atoms with Crippen molar-refractivity contribution in [1.82, 2.24) is 9.97 Å². The second-order valence-corrected chi connectivity index (χ2v) is 4.63. The van der Waals surface area contributed by atoms with Crippen LogP contribution in [0.4, 0.5) is 5.69 Å². The molecular weight excluding hydrogens is 298 g/mol. The number of amides is 1. The molecule has 0 bridgehead atoms. The number of para-hydroxylation sites is 1. The number of ether oxygens (including phenoxy) is 2. The third-order valence-corrected chi connectivity index (χ3v) is 3.11. The molecule has 2 heterocycles. The average Bonchev–Trinajstić information content (AvgIpc) is 3.01. The highest BCUT2D eigenvalue weighted by Gasteiger charge is 2.15. The minimum Gasteiger partial charge on any atom is -0.493 e. The van der Waals surface area contributed by atoms with Crippen LogP contribution in [0.15, 0.2) is 41.1 Å². The van der Waals surface area contributed by atoms with Crippen molar-refractivity contribution in [3.05, 3.63) is 42.4 Å². The normalized spacial score (nSPS) is 10.5. The molecule has 0 aliphatic rings. The zero-order valence-electron chi connectivity index (χ0n) is 12.7. The van der Waals surface area contributed by atoms with Crippen LogP contribution in [0.25, 0.3) is 11.0 Å². The molecule has 0 unspecified atom stereocenters. The molecule has 118 valence electrons. The smallest absolute Gasteiger partial charge is 0.316 e. The number of carbonyl (C=O) groups is 1. The number of benzene rings is 1. The zero-order valence-corrected chi connectivity index (χ0v) is 12.7. The molecule has 0 fully saturated rings. The van der Waals surface area contributed by atoms with E-state index in [2.05, 4.69) is 15.3 Å². The number of aromatic nitrogens is 2. The van der Waals surface area contributed by atoms with Gasteiger partial charge in [0.15, 0.2) is 17.1 Å². The lowest BCUT2D eigenvalue weighted by Crippen LogP contribution is -2.11. The van der Waals surface area contributed by atoms with E-state index in [1.54, 1.807) is 19.2 Å². The van der Waals surface area contributed by atoms with Gasteiger partial charge in [0, 0.05) is 5.39 Å². The van der Waals surface area contributed by atoms with E-state index in [1.807, 2.05) is 19.1 Å². The quantitative estimate of drug-likeness (QED) is 0.779. The molecule has 1 N–H and O–H groups in total. The molecule has 0 radical (unpaired) electrons. The van der Waals surface area contributed by atoms with E-state index in [1.165, 1.54) is 12.4 Å². The van der Waals surface area contributed by atoms with Gasteiger partial charge in [-0.15, -0.1) is 0 Å². The summed E-state index contributed by atoms with van der Waals surface area (Å²) in [7, 11) is 1.55. The molecule has 3 rings (SSSR count). The van der Waals surface area contributed by atoms with Crippen LogP contribution in [0, 0.1) is 0 Å². The van der Waals surface area contributed by atoms with Gasteiger partial charge in [0.2, 0.25) is 0 Å². The van der Waals surface area contributed by atoms with Crippen molar-refractivity contribution in [1.29, 1.82) is 0 Å². The number of nitrogens with one attached hydrogen (secondary N) is 1. The van der Waals surface area contributed by atoms with Crippen LogP contribution in [0.1, 0.15) is 17.5 Å². The maximum Gasteiger partial charge on any atom is 0.316 e. The second-order valence-electron chi connectivity index (χ2n) is 4.63. The van der Waals surface area contributed by atoms with E-state index in [9.17, 15) is 4.79 Å². The van der Waals surface area contributed by atoms with E-state index in [-0.39, 0.29) is 11.8 Å². The van der Waals surface area contributed by atoms with Crippen molar-refractivity contribution in [2.45, 2.75) is 6.92 Å². The monoisotopic (exact) mass is 313 g/mol. The van der Waals surface area contributed by atoms with Crippen LogP contribution in [0.5, 0.6) is 11.8 Å². The molecule has 0 saturated carbocycles. The lowest BCUT2D eigenvalue weighted by molar-refractivity contribution is 0.0998. The summed E-state index contributed by atoms with van der Waals surface area (Å²) in [5.41, 5.74) is 0.981. The van der Waals surface area contributed by atoms with Gasteiger partial charge in [-0.1, -0.05) is 12.1 Å². The average molecular weight is 313 g/mol. The van der Waals surface area contributed by atoms with Crippen LogP contribution >= 0.6 is 0 Å². The Labute approximate surface area is 132 Å². The van der Waals surface area contributed by atoms with Gasteiger partial charge in [-0.3, -0.25) is 4.79 Å². The Morgan fingerprint density at radius 3 is 2.78 bits per heavy atom. The van der Waals surface area contributed by atoms with Crippen LogP contribution in [0.3, 0.4) is 0 Å². The largest absolute Gasteiger partial charge is 0.493 e. The Kier molecular flexibility index (Phi) is 4.09. The SMILES string of the molecule is CCOc1ncc(NC(=O)c2cc3cccc(OC)c3o2)cn1. The Bertz CT molecular complexity index is 827. The van der Waals surface area contributed by atoms with Crippen LogP contribution in [-0.4, -0.2) is 29.6 Å². The Morgan fingerprint density at radius 1 is 1.30 bits per heavy atom. The molecule has 0 saturated heterocycles. The molecule has 1 aromatic carbocycles. The number of methoxy groups -OCH3 is 1. The molecule has 1 amide bonds. The number of rotatable bonds is 5. The van der Waals surface area contributed by atoms with Crippen molar-refractivity contribution >= 4 is 22.6 Å². The fourth-order valence-corrected chi connectivity index (χ4v) is 2.09. The third-order valence-electron chi connectivity index (χ3n) is 3.11.